The molecule has 1 atom stereocenters. The second-order valence-corrected chi connectivity index (χ2v) is 4.42. The lowest BCUT2D eigenvalue weighted by molar-refractivity contribution is 0.0508. The summed E-state index contributed by atoms with van der Waals surface area (Å²) in [4.78, 5) is 15.3. The highest BCUT2D eigenvalue weighted by molar-refractivity contribution is 5.84. The van der Waals surface area contributed by atoms with Gasteiger partial charge in [0.1, 0.15) is 0 Å². The fraction of sp³-hybridized carbons (Fsp3) is 0.700. The molecule has 5 heteroatoms. The molecular formula is C10H14N2O3. The van der Waals surface area contributed by atoms with Crippen molar-refractivity contribution < 1.29 is 14.1 Å². The molecule has 0 aliphatic heterocycles. The standard InChI is InChI=1S/C10H14N2O3/c1-4-14-9(13)7-11-8(15-12-7)6-5-10(6,2)3/h6H,4-5H2,1-3H3. The Morgan fingerprint density at radius 1 is 1.67 bits per heavy atom. The van der Waals surface area contributed by atoms with E-state index in [1.54, 1.807) is 6.92 Å². The summed E-state index contributed by atoms with van der Waals surface area (Å²) in [5.41, 5.74) is 0.221. The first kappa shape index (κ1) is 10.1. The average Bonchev–Trinajstić information content (AvgIpc) is 2.66. The zero-order valence-electron chi connectivity index (χ0n) is 9.11. The number of hydrogen-bond donors (Lipinski definition) is 0. The van der Waals surface area contributed by atoms with Crippen LogP contribution in [0.2, 0.25) is 0 Å². The van der Waals surface area contributed by atoms with Gasteiger partial charge < -0.3 is 9.26 Å². The maximum atomic E-state index is 11.3. The van der Waals surface area contributed by atoms with Crippen molar-refractivity contribution in [1.29, 1.82) is 0 Å². The van der Waals surface area contributed by atoms with Crippen molar-refractivity contribution in [3.63, 3.8) is 0 Å². The summed E-state index contributed by atoms with van der Waals surface area (Å²) in [7, 11) is 0. The van der Waals surface area contributed by atoms with Crippen molar-refractivity contribution in [2.75, 3.05) is 6.61 Å². The van der Waals surface area contributed by atoms with E-state index in [4.69, 9.17) is 9.26 Å². The predicted molar refractivity (Wildman–Crippen MR) is 51.4 cm³/mol. The Labute approximate surface area is 87.8 Å². The summed E-state index contributed by atoms with van der Waals surface area (Å²) in [6.07, 6.45) is 1.03. The molecule has 15 heavy (non-hydrogen) atoms. The van der Waals surface area contributed by atoms with Gasteiger partial charge in [-0.25, -0.2) is 4.79 Å². The first-order chi connectivity index (χ1) is 7.04. The van der Waals surface area contributed by atoms with Gasteiger partial charge in [-0.1, -0.05) is 13.8 Å². The third-order valence-electron chi connectivity index (χ3n) is 2.71. The van der Waals surface area contributed by atoms with Crippen LogP contribution in [-0.4, -0.2) is 22.7 Å². The molecule has 0 N–H and O–H groups in total. The fourth-order valence-corrected chi connectivity index (χ4v) is 1.54. The van der Waals surface area contributed by atoms with Crippen molar-refractivity contribution >= 4 is 5.97 Å². The molecular weight excluding hydrogens is 196 g/mol. The molecule has 0 amide bonds. The molecule has 0 saturated heterocycles. The lowest BCUT2D eigenvalue weighted by atomic mass is 10.1. The van der Waals surface area contributed by atoms with Gasteiger partial charge in [-0.2, -0.15) is 4.98 Å². The molecule has 0 spiro atoms. The molecule has 1 heterocycles. The molecule has 1 aromatic rings. The van der Waals surface area contributed by atoms with Crippen molar-refractivity contribution in [1.82, 2.24) is 10.1 Å². The third kappa shape index (κ3) is 1.86. The summed E-state index contributed by atoms with van der Waals surface area (Å²) in [6, 6.07) is 0. The highest BCUT2D eigenvalue weighted by Crippen LogP contribution is 2.57. The van der Waals surface area contributed by atoms with Gasteiger partial charge >= 0.3 is 5.97 Å². The van der Waals surface area contributed by atoms with E-state index in [2.05, 4.69) is 24.0 Å². The summed E-state index contributed by atoms with van der Waals surface area (Å²) in [6.45, 7) is 6.32. The molecule has 1 aliphatic rings. The quantitative estimate of drug-likeness (QED) is 0.711. The van der Waals surface area contributed by atoms with Crippen LogP contribution in [0.15, 0.2) is 4.52 Å². The molecule has 2 rings (SSSR count). The van der Waals surface area contributed by atoms with Gasteiger partial charge in [-0.15, -0.1) is 0 Å². The second kappa shape index (κ2) is 3.32. The van der Waals surface area contributed by atoms with Gasteiger partial charge in [0.2, 0.25) is 5.89 Å². The number of aromatic nitrogens is 2. The fourth-order valence-electron chi connectivity index (χ4n) is 1.54. The van der Waals surface area contributed by atoms with Crippen molar-refractivity contribution in [2.45, 2.75) is 33.1 Å². The lowest BCUT2D eigenvalue weighted by Crippen LogP contribution is -2.06. The number of carbonyl (C=O) groups is 1. The van der Waals surface area contributed by atoms with Crippen LogP contribution in [0.5, 0.6) is 0 Å². The van der Waals surface area contributed by atoms with Crippen LogP contribution in [0, 0.1) is 5.41 Å². The monoisotopic (exact) mass is 210 g/mol. The Kier molecular flexibility index (Phi) is 2.25. The Bertz CT molecular complexity index is 384. The minimum Gasteiger partial charge on any atom is -0.460 e. The second-order valence-electron chi connectivity index (χ2n) is 4.42. The SMILES string of the molecule is CCOC(=O)c1noc(C2CC2(C)C)n1. The van der Waals surface area contributed by atoms with E-state index < -0.39 is 5.97 Å². The molecule has 82 valence electrons. The molecule has 1 unspecified atom stereocenters. The zero-order valence-corrected chi connectivity index (χ0v) is 9.11. The van der Waals surface area contributed by atoms with Crippen molar-refractivity contribution in [3.8, 4) is 0 Å². The summed E-state index contributed by atoms with van der Waals surface area (Å²) in [5.74, 6) is 0.330. The summed E-state index contributed by atoms with van der Waals surface area (Å²) in [5, 5.41) is 3.60. The number of hydrogen-bond acceptors (Lipinski definition) is 5. The normalized spacial score (nSPS) is 22.5. The molecule has 0 aromatic carbocycles. The van der Waals surface area contributed by atoms with E-state index in [1.165, 1.54) is 0 Å². The van der Waals surface area contributed by atoms with E-state index in [9.17, 15) is 4.79 Å². The molecule has 0 bridgehead atoms. The number of esters is 1. The molecule has 1 saturated carbocycles. The van der Waals surface area contributed by atoms with Crippen LogP contribution in [-0.2, 0) is 4.74 Å². The average molecular weight is 210 g/mol. The maximum absolute atomic E-state index is 11.3. The number of carbonyl (C=O) groups excluding carboxylic acids is 1. The highest BCUT2D eigenvalue weighted by Gasteiger charge is 2.50. The molecule has 5 nitrogen and oxygen atoms in total. The van der Waals surface area contributed by atoms with Crippen LogP contribution in [0.1, 0.15) is 49.6 Å². The number of ether oxygens (including phenoxy) is 1. The largest absolute Gasteiger partial charge is 0.460 e. The van der Waals surface area contributed by atoms with Gasteiger partial charge in [0.05, 0.1) is 6.61 Å². The Balaban J connectivity index is 2.08. The minimum absolute atomic E-state index is 0.0227. The van der Waals surface area contributed by atoms with E-state index >= 15 is 0 Å². The van der Waals surface area contributed by atoms with Crippen LogP contribution >= 0.6 is 0 Å². The number of rotatable bonds is 3. The Morgan fingerprint density at radius 3 is 2.87 bits per heavy atom. The van der Waals surface area contributed by atoms with Gasteiger partial charge in [0.15, 0.2) is 0 Å². The smallest absolute Gasteiger partial charge is 0.379 e. The van der Waals surface area contributed by atoms with E-state index in [0.717, 1.165) is 6.42 Å². The van der Waals surface area contributed by atoms with E-state index in [-0.39, 0.29) is 17.2 Å². The first-order valence-electron chi connectivity index (χ1n) is 5.05. The maximum Gasteiger partial charge on any atom is 0.379 e. The van der Waals surface area contributed by atoms with Gasteiger partial charge in [0.25, 0.3) is 5.82 Å². The van der Waals surface area contributed by atoms with Gasteiger partial charge in [-0.3, -0.25) is 0 Å². The molecule has 1 aromatic heterocycles. The highest BCUT2D eigenvalue weighted by atomic mass is 16.5. The van der Waals surface area contributed by atoms with Crippen LogP contribution < -0.4 is 0 Å². The van der Waals surface area contributed by atoms with E-state index in [1.807, 2.05) is 0 Å². The van der Waals surface area contributed by atoms with E-state index in [0.29, 0.717) is 12.5 Å². The van der Waals surface area contributed by atoms with Crippen LogP contribution in [0.25, 0.3) is 0 Å². The summed E-state index contributed by atoms with van der Waals surface area (Å²) < 4.78 is 9.80. The van der Waals surface area contributed by atoms with Crippen molar-refractivity contribution in [3.05, 3.63) is 11.7 Å². The lowest BCUT2D eigenvalue weighted by Gasteiger charge is -1.96. The predicted octanol–water partition coefficient (Wildman–Crippen LogP) is 1.76. The van der Waals surface area contributed by atoms with Crippen LogP contribution in [0.4, 0.5) is 0 Å². The van der Waals surface area contributed by atoms with Gasteiger partial charge in [0, 0.05) is 5.92 Å². The first-order valence-corrected chi connectivity index (χ1v) is 5.05. The van der Waals surface area contributed by atoms with Crippen LogP contribution in [0.3, 0.4) is 0 Å². The topological polar surface area (TPSA) is 65.2 Å². The molecule has 0 radical (unpaired) electrons. The Hall–Kier alpha value is -1.39. The Morgan fingerprint density at radius 2 is 2.33 bits per heavy atom. The minimum atomic E-state index is -0.522. The number of nitrogens with zero attached hydrogens (tertiary/aromatic N) is 2. The molecule has 1 aliphatic carbocycles. The third-order valence-corrected chi connectivity index (χ3v) is 2.71. The zero-order chi connectivity index (χ0) is 11.1. The molecule has 1 fully saturated rings. The van der Waals surface area contributed by atoms with Gasteiger partial charge in [-0.05, 0) is 23.9 Å². The van der Waals surface area contributed by atoms with Crippen molar-refractivity contribution in [2.24, 2.45) is 5.41 Å². The summed E-state index contributed by atoms with van der Waals surface area (Å²) >= 11 is 0.